The summed E-state index contributed by atoms with van der Waals surface area (Å²) in [6.07, 6.45) is -5.50. The number of carbonyl (C=O) groups excluding carboxylic acids is 1. The third-order valence-electron chi connectivity index (χ3n) is 2.01. The molecule has 0 amide bonds. The standard InChI is InChI=1S/C10H8ClF3O/c1-6-3-2-4-8(11)7(6)5-9(15)10(12,13)14/h2-4H,5H2,1H3. The molecule has 15 heavy (non-hydrogen) atoms. The van der Waals surface area contributed by atoms with E-state index in [4.69, 9.17) is 11.6 Å². The molecule has 0 aliphatic rings. The number of benzene rings is 1. The number of Topliss-reactive ketones (excluding diaryl/α,β-unsaturated/α-hetero) is 1. The number of halogens is 4. The van der Waals surface area contributed by atoms with Crippen molar-refractivity contribution in [3.05, 3.63) is 34.3 Å². The Hall–Kier alpha value is -1.03. The predicted molar refractivity (Wildman–Crippen MR) is 51.0 cm³/mol. The third kappa shape index (κ3) is 2.96. The van der Waals surface area contributed by atoms with Gasteiger partial charge >= 0.3 is 6.18 Å². The lowest BCUT2D eigenvalue weighted by molar-refractivity contribution is -0.170. The van der Waals surface area contributed by atoms with E-state index >= 15 is 0 Å². The SMILES string of the molecule is Cc1cccc(Cl)c1CC(=O)C(F)(F)F. The van der Waals surface area contributed by atoms with Gasteiger partial charge in [0.1, 0.15) is 0 Å². The molecular formula is C10H8ClF3O. The van der Waals surface area contributed by atoms with Crippen LogP contribution in [0.3, 0.4) is 0 Å². The molecule has 0 fully saturated rings. The highest BCUT2D eigenvalue weighted by molar-refractivity contribution is 6.31. The first-order chi connectivity index (χ1) is 6.82. The molecule has 0 spiro atoms. The van der Waals surface area contributed by atoms with Crippen molar-refractivity contribution in [1.82, 2.24) is 0 Å². The van der Waals surface area contributed by atoms with Crippen LogP contribution in [-0.4, -0.2) is 12.0 Å². The Balaban J connectivity index is 2.95. The maximum atomic E-state index is 12.0. The Bertz CT molecular complexity index is 364. The third-order valence-corrected chi connectivity index (χ3v) is 2.36. The van der Waals surface area contributed by atoms with Crippen molar-refractivity contribution in [3.8, 4) is 0 Å². The summed E-state index contributed by atoms with van der Waals surface area (Å²) in [7, 11) is 0. The molecule has 0 radical (unpaired) electrons. The maximum Gasteiger partial charge on any atom is 0.450 e. The summed E-state index contributed by atoms with van der Waals surface area (Å²) >= 11 is 5.70. The van der Waals surface area contributed by atoms with Gasteiger partial charge in [0.25, 0.3) is 0 Å². The van der Waals surface area contributed by atoms with Crippen molar-refractivity contribution >= 4 is 17.4 Å². The highest BCUT2D eigenvalue weighted by Crippen LogP contribution is 2.24. The first-order valence-corrected chi connectivity index (χ1v) is 4.54. The zero-order valence-electron chi connectivity index (χ0n) is 7.86. The molecule has 1 aromatic carbocycles. The second-order valence-electron chi connectivity index (χ2n) is 3.13. The van der Waals surface area contributed by atoms with E-state index in [9.17, 15) is 18.0 Å². The van der Waals surface area contributed by atoms with E-state index in [2.05, 4.69) is 0 Å². The molecule has 1 aromatic rings. The summed E-state index contributed by atoms with van der Waals surface area (Å²) in [4.78, 5) is 10.8. The summed E-state index contributed by atoms with van der Waals surface area (Å²) in [6, 6.07) is 4.71. The second kappa shape index (κ2) is 4.23. The fourth-order valence-electron chi connectivity index (χ4n) is 1.15. The number of alkyl halides is 3. The Kier molecular flexibility index (Phi) is 3.39. The van der Waals surface area contributed by atoms with Crippen LogP contribution in [0.4, 0.5) is 13.2 Å². The molecule has 0 N–H and O–H groups in total. The Morgan fingerprint density at radius 1 is 1.40 bits per heavy atom. The number of ketones is 1. The largest absolute Gasteiger partial charge is 0.450 e. The smallest absolute Gasteiger partial charge is 0.289 e. The van der Waals surface area contributed by atoms with Crippen LogP contribution >= 0.6 is 11.6 Å². The topological polar surface area (TPSA) is 17.1 Å². The van der Waals surface area contributed by atoms with Crippen LogP contribution in [0.1, 0.15) is 11.1 Å². The van der Waals surface area contributed by atoms with Gasteiger partial charge in [-0.1, -0.05) is 23.7 Å². The molecule has 5 heteroatoms. The van der Waals surface area contributed by atoms with Crippen LogP contribution in [0, 0.1) is 6.92 Å². The molecule has 0 aliphatic carbocycles. The molecule has 0 bridgehead atoms. The first kappa shape index (κ1) is 12.0. The average Bonchev–Trinajstić information content (AvgIpc) is 2.09. The molecule has 0 aromatic heterocycles. The van der Waals surface area contributed by atoms with E-state index in [1.165, 1.54) is 6.07 Å². The lowest BCUT2D eigenvalue weighted by Gasteiger charge is -2.09. The number of hydrogen-bond acceptors (Lipinski definition) is 1. The molecule has 0 unspecified atom stereocenters. The number of carbonyl (C=O) groups is 1. The van der Waals surface area contributed by atoms with Gasteiger partial charge in [-0.05, 0) is 24.1 Å². The molecule has 0 saturated heterocycles. The number of hydrogen-bond donors (Lipinski definition) is 0. The minimum absolute atomic E-state index is 0.188. The van der Waals surface area contributed by atoms with E-state index in [0.29, 0.717) is 5.56 Å². The van der Waals surface area contributed by atoms with Crippen LogP contribution in [0.5, 0.6) is 0 Å². The fourth-order valence-corrected chi connectivity index (χ4v) is 1.44. The van der Waals surface area contributed by atoms with Crippen LogP contribution in [-0.2, 0) is 11.2 Å². The van der Waals surface area contributed by atoms with Gasteiger partial charge in [0.15, 0.2) is 0 Å². The van der Waals surface area contributed by atoms with Gasteiger partial charge in [-0.2, -0.15) is 13.2 Å². The quantitative estimate of drug-likeness (QED) is 0.770. The normalized spacial score (nSPS) is 11.5. The zero-order chi connectivity index (χ0) is 11.6. The lowest BCUT2D eigenvalue weighted by Crippen LogP contribution is -2.25. The summed E-state index contributed by atoms with van der Waals surface area (Å²) in [5, 5.41) is 0.188. The van der Waals surface area contributed by atoms with Crippen LogP contribution in [0.25, 0.3) is 0 Å². The van der Waals surface area contributed by atoms with Crippen molar-refractivity contribution in [3.63, 3.8) is 0 Å². The van der Waals surface area contributed by atoms with E-state index in [1.54, 1.807) is 19.1 Å². The highest BCUT2D eigenvalue weighted by atomic mass is 35.5. The van der Waals surface area contributed by atoms with Gasteiger partial charge in [0.05, 0.1) is 0 Å². The van der Waals surface area contributed by atoms with Gasteiger partial charge in [-0.15, -0.1) is 0 Å². The van der Waals surface area contributed by atoms with Crippen LogP contribution < -0.4 is 0 Å². The predicted octanol–water partition coefficient (Wildman–Crippen LogP) is 3.32. The molecule has 0 heterocycles. The number of aryl methyl sites for hydroxylation is 1. The van der Waals surface area contributed by atoms with Gasteiger partial charge in [-0.25, -0.2) is 0 Å². The maximum absolute atomic E-state index is 12.0. The molecule has 1 nitrogen and oxygen atoms in total. The zero-order valence-corrected chi connectivity index (χ0v) is 8.62. The van der Waals surface area contributed by atoms with Crippen molar-refractivity contribution in [2.45, 2.75) is 19.5 Å². The lowest BCUT2D eigenvalue weighted by atomic mass is 10.0. The van der Waals surface area contributed by atoms with Gasteiger partial charge in [0.2, 0.25) is 5.78 Å². The van der Waals surface area contributed by atoms with Gasteiger partial charge in [0, 0.05) is 11.4 Å². The van der Waals surface area contributed by atoms with Crippen molar-refractivity contribution in [1.29, 1.82) is 0 Å². The Labute approximate surface area is 89.9 Å². The second-order valence-corrected chi connectivity index (χ2v) is 3.54. The summed E-state index contributed by atoms with van der Waals surface area (Å²) in [5.74, 6) is -1.78. The van der Waals surface area contributed by atoms with E-state index < -0.39 is 18.4 Å². The molecule has 82 valence electrons. The van der Waals surface area contributed by atoms with Gasteiger partial charge < -0.3 is 0 Å². The van der Waals surface area contributed by atoms with Crippen molar-refractivity contribution in [2.75, 3.05) is 0 Å². The minimum Gasteiger partial charge on any atom is -0.289 e. The number of rotatable bonds is 2. The summed E-state index contributed by atoms with van der Waals surface area (Å²) in [6.45, 7) is 1.62. The summed E-state index contributed by atoms with van der Waals surface area (Å²) in [5.41, 5.74) is 0.821. The Morgan fingerprint density at radius 3 is 2.47 bits per heavy atom. The van der Waals surface area contributed by atoms with E-state index in [-0.39, 0.29) is 10.6 Å². The molecule has 0 saturated carbocycles. The monoisotopic (exact) mass is 236 g/mol. The van der Waals surface area contributed by atoms with Crippen molar-refractivity contribution in [2.24, 2.45) is 0 Å². The Morgan fingerprint density at radius 2 is 2.00 bits per heavy atom. The van der Waals surface area contributed by atoms with E-state index in [0.717, 1.165) is 0 Å². The van der Waals surface area contributed by atoms with Crippen LogP contribution in [0.2, 0.25) is 5.02 Å². The molecular weight excluding hydrogens is 229 g/mol. The highest BCUT2D eigenvalue weighted by Gasteiger charge is 2.38. The van der Waals surface area contributed by atoms with Crippen molar-refractivity contribution < 1.29 is 18.0 Å². The van der Waals surface area contributed by atoms with Crippen LogP contribution in [0.15, 0.2) is 18.2 Å². The molecule has 0 aliphatic heterocycles. The average molecular weight is 237 g/mol. The molecule has 0 atom stereocenters. The first-order valence-electron chi connectivity index (χ1n) is 4.16. The van der Waals surface area contributed by atoms with E-state index in [1.807, 2.05) is 0 Å². The summed E-state index contributed by atoms with van der Waals surface area (Å²) < 4.78 is 36.0. The van der Waals surface area contributed by atoms with Gasteiger partial charge in [-0.3, -0.25) is 4.79 Å². The molecule has 1 rings (SSSR count). The minimum atomic E-state index is -4.80. The fraction of sp³-hybridized carbons (Fsp3) is 0.300.